The molecule has 4 nitrogen and oxygen atoms in total. The highest BCUT2D eigenvalue weighted by atomic mass is 32.2. The SMILES string of the molecule is CC(C)C(CNS(=O)(=O)c1cccc(F)c1C#N)C(C)C. The molecule has 0 heterocycles. The van der Waals surface area contributed by atoms with E-state index in [4.69, 9.17) is 5.26 Å². The van der Waals surface area contributed by atoms with Gasteiger partial charge >= 0.3 is 0 Å². The van der Waals surface area contributed by atoms with Crippen LogP contribution in [0.3, 0.4) is 0 Å². The van der Waals surface area contributed by atoms with Crippen molar-refractivity contribution in [2.45, 2.75) is 32.6 Å². The zero-order chi connectivity index (χ0) is 16.2. The normalized spacial score (nSPS) is 12.1. The average Bonchev–Trinajstić information content (AvgIpc) is 2.37. The highest BCUT2D eigenvalue weighted by Gasteiger charge is 2.24. The van der Waals surface area contributed by atoms with Crippen LogP contribution in [0.5, 0.6) is 0 Å². The van der Waals surface area contributed by atoms with Crippen LogP contribution in [-0.2, 0) is 10.0 Å². The van der Waals surface area contributed by atoms with Crippen molar-refractivity contribution in [3.05, 3.63) is 29.6 Å². The lowest BCUT2D eigenvalue weighted by Crippen LogP contribution is -2.34. The lowest BCUT2D eigenvalue weighted by Gasteiger charge is -2.25. The Hall–Kier alpha value is -1.45. The Balaban J connectivity index is 3.04. The van der Waals surface area contributed by atoms with E-state index in [1.807, 2.05) is 27.7 Å². The summed E-state index contributed by atoms with van der Waals surface area (Å²) in [6, 6.07) is 5.21. The van der Waals surface area contributed by atoms with Gasteiger partial charge in [-0.3, -0.25) is 0 Å². The molecule has 1 aromatic rings. The Morgan fingerprint density at radius 1 is 1.24 bits per heavy atom. The zero-order valence-electron chi connectivity index (χ0n) is 12.7. The van der Waals surface area contributed by atoms with E-state index in [-0.39, 0.29) is 17.4 Å². The second-order valence-corrected chi connectivity index (χ2v) is 7.46. The van der Waals surface area contributed by atoms with Crippen molar-refractivity contribution in [3.8, 4) is 6.07 Å². The molecule has 21 heavy (non-hydrogen) atoms. The van der Waals surface area contributed by atoms with Gasteiger partial charge in [-0.2, -0.15) is 5.26 Å². The first-order valence-corrected chi connectivity index (χ1v) is 8.37. The largest absolute Gasteiger partial charge is 0.242 e. The summed E-state index contributed by atoms with van der Waals surface area (Å²) >= 11 is 0. The van der Waals surface area contributed by atoms with E-state index >= 15 is 0 Å². The summed E-state index contributed by atoms with van der Waals surface area (Å²) < 4.78 is 40.6. The smallest absolute Gasteiger partial charge is 0.211 e. The first kappa shape index (κ1) is 17.6. The first-order valence-electron chi connectivity index (χ1n) is 6.89. The van der Waals surface area contributed by atoms with Gasteiger partial charge in [-0.25, -0.2) is 17.5 Å². The van der Waals surface area contributed by atoms with E-state index < -0.39 is 21.4 Å². The standard InChI is InChI=1S/C15H21FN2O2S/c1-10(2)13(11(3)4)9-18-21(19,20)15-7-5-6-14(16)12(15)8-17/h5-7,10-11,13,18H,9H2,1-4H3. The molecule has 0 amide bonds. The summed E-state index contributed by atoms with van der Waals surface area (Å²) in [4.78, 5) is -0.309. The summed E-state index contributed by atoms with van der Waals surface area (Å²) in [6.07, 6.45) is 0. The molecule has 0 aliphatic rings. The van der Waals surface area contributed by atoms with Crippen molar-refractivity contribution in [1.29, 1.82) is 5.26 Å². The van der Waals surface area contributed by atoms with Gasteiger partial charge in [0, 0.05) is 6.54 Å². The molecule has 0 radical (unpaired) electrons. The maximum atomic E-state index is 13.5. The van der Waals surface area contributed by atoms with Crippen molar-refractivity contribution >= 4 is 10.0 Å². The number of sulfonamides is 1. The molecule has 0 spiro atoms. The van der Waals surface area contributed by atoms with Crippen LogP contribution in [0.15, 0.2) is 23.1 Å². The van der Waals surface area contributed by atoms with Crippen LogP contribution < -0.4 is 4.72 Å². The third kappa shape index (κ3) is 4.26. The highest BCUT2D eigenvalue weighted by molar-refractivity contribution is 7.89. The molecule has 116 valence electrons. The monoisotopic (exact) mass is 312 g/mol. The molecule has 1 rings (SSSR count). The lowest BCUT2D eigenvalue weighted by atomic mass is 9.86. The van der Waals surface area contributed by atoms with Crippen molar-refractivity contribution in [2.75, 3.05) is 6.54 Å². The Morgan fingerprint density at radius 2 is 1.81 bits per heavy atom. The minimum absolute atomic E-state index is 0.166. The number of rotatable bonds is 6. The van der Waals surface area contributed by atoms with E-state index in [9.17, 15) is 12.8 Å². The fraction of sp³-hybridized carbons (Fsp3) is 0.533. The summed E-state index contributed by atoms with van der Waals surface area (Å²) in [5.74, 6) is -0.0326. The minimum atomic E-state index is -3.90. The predicted molar refractivity (Wildman–Crippen MR) is 79.5 cm³/mol. The van der Waals surface area contributed by atoms with Gasteiger partial charge in [-0.15, -0.1) is 0 Å². The van der Waals surface area contributed by atoms with E-state index in [0.717, 1.165) is 6.07 Å². The van der Waals surface area contributed by atoms with E-state index in [0.29, 0.717) is 11.8 Å². The van der Waals surface area contributed by atoms with Gasteiger partial charge in [0.15, 0.2) is 0 Å². The summed E-state index contributed by atoms with van der Waals surface area (Å²) in [5, 5.41) is 8.93. The van der Waals surface area contributed by atoms with Crippen LogP contribution >= 0.6 is 0 Å². The molecule has 0 saturated carbocycles. The predicted octanol–water partition coefficient (Wildman–Crippen LogP) is 2.90. The summed E-state index contributed by atoms with van der Waals surface area (Å²) in [7, 11) is -3.90. The maximum absolute atomic E-state index is 13.5. The fourth-order valence-corrected chi connectivity index (χ4v) is 3.60. The Morgan fingerprint density at radius 3 is 2.29 bits per heavy atom. The molecule has 0 aliphatic heterocycles. The molecular formula is C15H21FN2O2S. The fourth-order valence-electron chi connectivity index (χ4n) is 2.36. The van der Waals surface area contributed by atoms with Crippen LogP contribution in [0.4, 0.5) is 4.39 Å². The van der Waals surface area contributed by atoms with Crippen LogP contribution in [0, 0.1) is 34.9 Å². The number of benzene rings is 1. The van der Waals surface area contributed by atoms with Gasteiger partial charge < -0.3 is 0 Å². The van der Waals surface area contributed by atoms with Crippen LogP contribution in [0.1, 0.15) is 33.3 Å². The number of nitrogens with one attached hydrogen (secondary N) is 1. The number of hydrogen-bond donors (Lipinski definition) is 1. The van der Waals surface area contributed by atoms with Crippen molar-refractivity contribution in [1.82, 2.24) is 4.72 Å². The van der Waals surface area contributed by atoms with E-state index in [1.54, 1.807) is 6.07 Å². The molecule has 1 aromatic carbocycles. The first-order chi connectivity index (χ1) is 9.70. The van der Waals surface area contributed by atoms with Gasteiger partial charge in [0.05, 0.1) is 0 Å². The van der Waals surface area contributed by atoms with Crippen LogP contribution in [0.25, 0.3) is 0 Å². The molecule has 0 aromatic heterocycles. The molecule has 0 bridgehead atoms. The Bertz CT molecular complexity index is 626. The van der Waals surface area contributed by atoms with Gasteiger partial charge in [0.2, 0.25) is 10.0 Å². The maximum Gasteiger partial charge on any atom is 0.242 e. The molecule has 0 saturated heterocycles. The Kier molecular flexibility index (Phi) is 5.87. The Labute approximate surface area is 126 Å². The molecule has 6 heteroatoms. The van der Waals surface area contributed by atoms with Gasteiger partial charge in [0.1, 0.15) is 22.3 Å². The van der Waals surface area contributed by atoms with Gasteiger partial charge in [-0.05, 0) is 29.9 Å². The molecule has 1 N–H and O–H groups in total. The second kappa shape index (κ2) is 7.01. The van der Waals surface area contributed by atoms with E-state index in [1.165, 1.54) is 12.1 Å². The minimum Gasteiger partial charge on any atom is -0.211 e. The third-order valence-corrected chi connectivity index (χ3v) is 5.06. The zero-order valence-corrected chi connectivity index (χ0v) is 13.5. The third-order valence-electron chi connectivity index (χ3n) is 3.60. The van der Waals surface area contributed by atoms with Crippen molar-refractivity contribution in [2.24, 2.45) is 17.8 Å². The summed E-state index contributed by atoms with van der Waals surface area (Å²) in [6.45, 7) is 8.38. The summed E-state index contributed by atoms with van der Waals surface area (Å²) in [5.41, 5.74) is -0.448. The average molecular weight is 312 g/mol. The second-order valence-electron chi connectivity index (χ2n) is 5.73. The van der Waals surface area contributed by atoms with Crippen molar-refractivity contribution < 1.29 is 12.8 Å². The topological polar surface area (TPSA) is 70.0 Å². The quantitative estimate of drug-likeness (QED) is 0.878. The molecule has 0 fully saturated rings. The number of hydrogen-bond acceptors (Lipinski definition) is 3. The number of halogens is 1. The number of nitriles is 1. The lowest BCUT2D eigenvalue weighted by molar-refractivity contribution is 0.289. The molecule has 0 aliphatic carbocycles. The highest BCUT2D eigenvalue weighted by Crippen LogP contribution is 2.22. The van der Waals surface area contributed by atoms with Gasteiger partial charge in [0.25, 0.3) is 0 Å². The van der Waals surface area contributed by atoms with Crippen LogP contribution in [-0.4, -0.2) is 15.0 Å². The molecule has 0 unspecified atom stereocenters. The van der Waals surface area contributed by atoms with Crippen molar-refractivity contribution in [3.63, 3.8) is 0 Å². The molecule has 0 atom stereocenters. The van der Waals surface area contributed by atoms with Gasteiger partial charge in [-0.1, -0.05) is 33.8 Å². The van der Waals surface area contributed by atoms with Crippen LogP contribution in [0.2, 0.25) is 0 Å². The van der Waals surface area contributed by atoms with E-state index in [2.05, 4.69) is 4.72 Å². The number of nitrogens with zero attached hydrogens (tertiary/aromatic N) is 1. The molecular weight excluding hydrogens is 291 g/mol.